The zero-order chi connectivity index (χ0) is 20.7. The van der Waals surface area contributed by atoms with Crippen LogP contribution in [0.25, 0.3) is 0 Å². The predicted molar refractivity (Wildman–Crippen MR) is 99.4 cm³/mol. The predicted octanol–water partition coefficient (Wildman–Crippen LogP) is 2.50. The molecule has 0 radical (unpaired) electrons. The van der Waals surface area contributed by atoms with Crippen LogP contribution >= 0.6 is 11.6 Å². The van der Waals surface area contributed by atoms with Gasteiger partial charge in [0, 0.05) is 51.9 Å². The molecule has 156 valence electrons. The van der Waals surface area contributed by atoms with Gasteiger partial charge in [0.25, 0.3) is 0 Å². The van der Waals surface area contributed by atoms with Crippen LogP contribution in [0.15, 0.2) is 12.3 Å². The van der Waals surface area contributed by atoms with Gasteiger partial charge in [0.05, 0.1) is 10.6 Å². The number of hydrogen-bond donors (Lipinski definition) is 2. The van der Waals surface area contributed by atoms with E-state index < -0.39 is 11.7 Å². The fraction of sp³-hybridized carbons (Fsp3) is 0.588. The van der Waals surface area contributed by atoms with Crippen molar-refractivity contribution < 1.29 is 22.8 Å². The molecule has 0 atom stereocenters. The van der Waals surface area contributed by atoms with Crippen LogP contribution in [0.5, 0.6) is 0 Å². The van der Waals surface area contributed by atoms with E-state index in [0.29, 0.717) is 32.7 Å². The standard InChI is InChI=1S/C17H23ClF3N5O2/c1-2-4-22-14(27)3-5-23-16(28)26-8-6-25(7-9-26)15-13(18)10-12(11-24-15)17(19,20)21/h10-11H,2-9H2,1H3,(H,22,27)(H,23,28). The van der Waals surface area contributed by atoms with E-state index in [4.69, 9.17) is 11.6 Å². The molecule has 1 aromatic heterocycles. The second-order valence-corrected chi connectivity index (χ2v) is 6.74. The van der Waals surface area contributed by atoms with Gasteiger partial charge in [-0.1, -0.05) is 18.5 Å². The fourth-order valence-electron chi connectivity index (χ4n) is 2.69. The highest BCUT2D eigenvalue weighted by Gasteiger charge is 2.32. The molecule has 7 nitrogen and oxygen atoms in total. The lowest BCUT2D eigenvalue weighted by molar-refractivity contribution is -0.137. The molecule has 0 spiro atoms. The van der Waals surface area contributed by atoms with Crippen LogP contribution in [-0.2, 0) is 11.0 Å². The summed E-state index contributed by atoms with van der Waals surface area (Å²) in [5.41, 5.74) is -0.901. The normalized spacial score (nSPS) is 14.8. The summed E-state index contributed by atoms with van der Waals surface area (Å²) in [6, 6.07) is 0.571. The minimum absolute atomic E-state index is 0.0779. The highest BCUT2D eigenvalue weighted by atomic mass is 35.5. The van der Waals surface area contributed by atoms with E-state index >= 15 is 0 Å². The monoisotopic (exact) mass is 421 g/mol. The van der Waals surface area contributed by atoms with Gasteiger partial charge in [0.2, 0.25) is 5.91 Å². The lowest BCUT2D eigenvalue weighted by Gasteiger charge is -2.35. The summed E-state index contributed by atoms with van der Waals surface area (Å²) in [4.78, 5) is 30.8. The summed E-state index contributed by atoms with van der Waals surface area (Å²) in [5, 5.41) is 5.34. The Labute approximate surface area is 166 Å². The first kappa shape index (κ1) is 22.1. The molecule has 11 heteroatoms. The number of pyridine rings is 1. The quantitative estimate of drug-likeness (QED) is 0.740. The number of halogens is 4. The van der Waals surface area contributed by atoms with Crippen molar-refractivity contribution in [2.45, 2.75) is 25.9 Å². The van der Waals surface area contributed by atoms with Crippen LogP contribution < -0.4 is 15.5 Å². The zero-order valence-corrected chi connectivity index (χ0v) is 16.2. The molecule has 1 aromatic rings. The van der Waals surface area contributed by atoms with Gasteiger partial charge in [-0.15, -0.1) is 0 Å². The molecule has 2 heterocycles. The number of anilines is 1. The summed E-state index contributed by atoms with van der Waals surface area (Å²) < 4.78 is 38.1. The number of carbonyl (C=O) groups is 2. The van der Waals surface area contributed by atoms with E-state index in [1.807, 2.05) is 6.92 Å². The van der Waals surface area contributed by atoms with Crippen molar-refractivity contribution >= 4 is 29.4 Å². The largest absolute Gasteiger partial charge is 0.417 e. The van der Waals surface area contributed by atoms with E-state index in [-0.39, 0.29) is 35.7 Å². The number of hydrogen-bond acceptors (Lipinski definition) is 4. The first-order chi connectivity index (χ1) is 13.2. The molecule has 0 aromatic carbocycles. The van der Waals surface area contributed by atoms with Crippen molar-refractivity contribution in [3.05, 3.63) is 22.8 Å². The van der Waals surface area contributed by atoms with Gasteiger partial charge in [0.15, 0.2) is 0 Å². The van der Waals surface area contributed by atoms with E-state index in [2.05, 4.69) is 15.6 Å². The Morgan fingerprint density at radius 3 is 2.43 bits per heavy atom. The fourth-order valence-corrected chi connectivity index (χ4v) is 2.97. The van der Waals surface area contributed by atoms with Crippen LogP contribution in [-0.4, -0.2) is 61.1 Å². The smallest absolute Gasteiger partial charge is 0.356 e. The Bertz CT molecular complexity index is 694. The third-order valence-electron chi connectivity index (χ3n) is 4.22. The van der Waals surface area contributed by atoms with Crippen molar-refractivity contribution in [2.24, 2.45) is 0 Å². The first-order valence-electron chi connectivity index (χ1n) is 8.99. The average molecular weight is 422 g/mol. The Morgan fingerprint density at radius 2 is 1.86 bits per heavy atom. The van der Waals surface area contributed by atoms with Crippen LogP contribution in [0, 0.1) is 0 Å². The number of amides is 3. The minimum Gasteiger partial charge on any atom is -0.356 e. The van der Waals surface area contributed by atoms with Crippen LogP contribution in [0.2, 0.25) is 5.02 Å². The van der Waals surface area contributed by atoms with Crippen LogP contribution in [0.1, 0.15) is 25.3 Å². The van der Waals surface area contributed by atoms with E-state index in [0.717, 1.165) is 18.7 Å². The van der Waals surface area contributed by atoms with Crippen molar-refractivity contribution in [3.63, 3.8) is 0 Å². The van der Waals surface area contributed by atoms with Crippen molar-refractivity contribution in [2.75, 3.05) is 44.2 Å². The zero-order valence-electron chi connectivity index (χ0n) is 15.5. The van der Waals surface area contributed by atoms with Gasteiger partial charge in [-0.3, -0.25) is 4.79 Å². The number of urea groups is 1. The maximum Gasteiger partial charge on any atom is 0.417 e. The van der Waals surface area contributed by atoms with E-state index in [9.17, 15) is 22.8 Å². The lowest BCUT2D eigenvalue weighted by atomic mass is 10.2. The van der Waals surface area contributed by atoms with Gasteiger partial charge < -0.3 is 20.4 Å². The highest BCUT2D eigenvalue weighted by Crippen LogP contribution is 2.33. The summed E-state index contributed by atoms with van der Waals surface area (Å²) >= 11 is 5.97. The van der Waals surface area contributed by atoms with Crippen LogP contribution in [0.3, 0.4) is 0 Å². The molecule has 0 unspecified atom stereocenters. The molecule has 2 N–H and O–H groups in total. The Kier molecular flexibility index (Phi) is 7.73. The molecule has 1 fully saturated rings. The molecule has 1 aliphatic heterocycles. The van der Waals surface area contributed by atoms with E-state index in [1.54, 1.807) is 9.80 Å². The van der Waals surface area contributed by atoms with Crippen molar-refractivity contribution in [1.82, 2.24) is 20.5 Å². The van der Waals surface area contributed by atoms with Gasteiger partial charge >= 0.3 is 12.2 Å². The van der Waals surface area contributed by atoms with E-state index in [1.165, 1.54) is 0 Å². The Balaban J connectivity index is 1.81. The molecule has 28 heavy (non-hydrogen) atoms. The molecule has 2 rings (SSSR count). The SMILES string of the molecule is CCCNC(=O)CCNC(=O)N1CCN(c2ncc(C(F)(F)F)cc2Cl)CC1. The second kappa shape index (κ2) is 9.81. The summed E-state index contributed by atoms with van der Waals surface area (Å²) in [5.74, 6) is 0.150. The number of carbonyl (C=O) groups excluding carboxylic acids is 2. The molecule has 0 aliphatic carbocycles. The van der Waals surface area contributed by atoms with Crippen molar-refractivity contribution in [1.29, 1.82) is 0 Å². The first-order valence-corrected chi connectivity index (χ1v) is 9.37. The molecule has 3 amide bonds. The molecule has 1 saturated heterocycles. The minimum atomic E-state index is -4.50. The number of nitrogens with zero attached hydrogens (tertiary/aromatic N) is 3. The second-order valence-electron chi connectivity index (χ2n) is 6.33. The van der Waals surface area contributed by atoms with Crippen molar-refractivity contribution in [3.8, 4) is 0 Å². The summed E-state index contributed by atoms with van der Waals surface area (Å²) in [6.07, 6.45) is -2.69. The maximum atomic E-state index is 12.7. The number of piperazine rings is 1. The topological polar surface area (TPSA) is 77.6 Å². The summed E-state index contributed by atoms with van der Waals surface area (Å²) in [6.45, 7) is 4.32. The van der Waals surface area contributed by atoms with Gasteiger partial charge in [-0.25, -0.2) is 9.78 Å². The van der Waals surface area contributed by atoms with Gasteiger partial charge in [-0.05, 0) is 12.5 Å². The molecule has 0 bridgehead atoms. The number of aromatic nitrogens is 1. The highest BCUT2D eigenvalue weighted by molar-refractivity contribution is 6.33. The Hall–Kier alpha value is -2.23. The third kappa shape index (κ3) is 6.15. The van der Waals surface area contributed by atoms with Gasteiger partial charge in [0.1, 0.15) is 5.82 Å². The Morgan fingerprint density at radius 1 is 1.18 bits per heavy atom. The molecule has 0 saturated carbocycles. The summed E-state index contributed by atoms with van der Waals surface area (Å²) in [7, 11) is 0. The van der Waals surface area contributed by atoms with Gasteiger partial charge in [-0.2, -0.15) is 13.2 Å². The molecule has 1 aliphatic rings. The molecular formula is C17H23ClF3N5O2. The third-order valence-corrected chi connectivity index (χ3v) is 4.49. The molecular weight excluding hydrogens is 399 g/mol. The number of rotatable bonds is 6. The number of alkyl halides is 3. The average Bonchev–Trinajstić information content (AvgIpc) is 2.65. The lowest BCUT2D eigenvalue weighted by Crippen LogP contribution is -2.52. The maximum absolute atomic E-state index is 12.7. The number of nitrogens with one attached hydrogen (secondary N) is 2. The van der Waals surface area contributed by atoms with Crippen LogP contribution in [0.4, 0.5) is 23.8 Å².